The number of aromatic amines is 1. The van der Waals surface area contributed by atoms with Crippen molar-refractivity contribution in [2.75, 3.05) is 11.9 Å². The summed E-state index contributed by atoms with van der Waals surface area (Å²) in [5.74, 6) is -1.00. The van der Waals surface area contributed by atoms with Crippen LogP contribution in [0.25, 0.3) is 10.6 Å². The second-order valence-electron chi connectivity index (χ2n) is 7.60. The van der Waals surface area contributed by atoms with Crippen LogP contribution >= 0.6 is 11.3 Å². The molecule has 11 heteroatoms. The van der Waals surface area contributed by atoms with Gasteiger partial charge in [-0.3, -0.25) is 9.89 Å². The van der Waals surface area contributed by atoms with Gasteiger partial charge in [-0.2, -0.15) is 5.10 Å². The maximum atomic E-state index is 14.3. The van der Waals surface area contributed by atoms with E-state index in [-0.39, 0.29) is 30.6 Å². The molecule has 4 rings (SSSR count). The molecule has 1 fully saturated rings. The Kier molecular flexibility index (Phi) is 6.89. The zero-order valence-electron chi connectivity index (χ0n) is 17.1. The Morgan fingerprint density at radius 1 is 1.41 bits per heavy atom. The molecule has 2 aromatic heterocycles. The van der Waals surface area contributed by atoms with Gasteiger partial charge in [0.2, 0.25) is 0 Å². The van der Waals surface area contributed by atoms with E-state index in [1.807, 2.05) is 0 Å². The molecule has 1 aliphatic rings. The lowest BCUT2D eigenvalue weighted by Crippen LogP contribution is -2.32. The van der Waals surface area contributed by atoms with Crippen molar-refractivity contribution in [2.45, 2.75) is 44.2 Å². The van der Waals surface area contributed by atoms with Crippen LogP contribution in [0.15, 0.2) is 29.8 Å². The van der Waals surface area contributed by atoms with E-state index in [0.717, 1.165) is 11.3 Å². The predicted octanol–water partition coefficient (Wildman–Crippen LogP) is 2.80. The van der Waals surface area contributed by atoms with Crippen molar-refractivity contribution < 1.29 is 23.4 Å². The molecule has 8 nitrogen and oxygen atoms in total. The van der Waals surface area contributed by atoms with Gasteiger partial charge >= 0.3 is 0 Å². The summed E-state index contributed by atoms with van der Waals surface area (Å²) in [6, 6.07) is 3.85. The molecule has 0 aliphatic carbocycles. The summed E-state index contributed by atoms with van der Waals surface area (Å²) in [6.07, 6.45) is 1.55. The van der Waals surface area contributed by atoms with Gasteiger partial charge in [0, 0.05) is 17.8 Å². The van der Waals surface area contributed by atoms with Crippen molar-refractivity contribution in [2.24, 2.45) is 5.73 Å². The van der Waals surface area contributed by atoms with Gasteiger partial charge in [0.1, 0.15) is 22.7 Å². The second kappa shape index (κ2) is 9.82. The number of halogens is 2. The number of rotatable bonds is 6. The molecule has 3 atom stereocenters. The Balaban J connectivity index is 1.46. The Hall–Kier alpha value is -2.73. The normalized spacial score (nSPS) is 21.3. The Labute approximate surface area is 186 Å². The number of aliphatic hydroxyl groups is 1. The molecular formula is C21H23F2N5O3S. The number of amides is 1. The summed E-state index contributed by atoms with van der Waals surface area (Å²) < 4.78 is 33.7. The van der Waals surface area contributed by atoms with E-state index in [0.29, 0.717) is 41.2 Å². The molecule has 32 heavy (non-hydrogen) atoms. The Bertz CT molecular complexity index is 1080. The first-order valence-corrected chi connectivity index (χ1v) is 11.0. The number of carbonyl (C=O) groups is 1. The number of nitrogens with one attached hydrogen (secondary N) is 2. The highest BCUT2D eigenvalue weighted by molar-refractivity contribution is 7.13. The lowest BCUT2D eigenvalue weighted by atomic mass is 10.0. The SMILES string of the molecule is N[C@@H]1CC[C@@H](Cc2[nH]ncc2NC(=O)c2csc(-c3c(F)cccc3CO)n2)OC[C@H]1F. The fraction of sp³-hybridized carbons (Fsp3) is 0.381. The third kappa shape index (κ3) is 4.85. The largest absolute Gasteiger partial charge is 0.392 e. The highest BCUT2D eigenvalue weighted by atomic mass is 32.1. The summed E-state index contributed by atoms with van der Waals surface area (Å²) in [5.41, 5.74) is 7.55. The van der Waals surface area contributed by atoms with E-state index in [2.05, 4.69) is 20.5 Å². The summed E-state index contributed by atoms with van der Waals surface area (Å²) in [7, 11) is 0. The maximum absolute atomic E-state index is 14.3. The Morgan fingerprint density at radius 2 is 2.25 bits per heavy atom. The zero-order chi connectivity index (χ0) is 22.7. The minimum Gasteiger partial charge on any atom is -0.392 e. The van der Waals surface area contributed by atoms with E-state index < -0.39 is 23.9 Å². The van der Waals surface area contributed by atoms with Crippen molar-refractivity contribution in [3.05, 3.63) is 52.5 Å². The summed E-state index contributed by atoms with van der Waals surface area (Å²) in [6.45, 7) is -0.404. The number of alkyl halides is 1. The topological polar surface area (TPSA) is 126 Å². The molecule has 1 saturated heterocycles. The number of benzene rings is 1. The molecule has 170 valence electrons. The third-order valence-corrected chi connectivity index (χ3v) is 6.26. The molecule has 0 spiro atoms. The van der Waals surface area contributed by atoms with Crippen LogP contribution in [0.3, 0.4) is 0 Å². The van der Waals surface area contributed by atoms with Crippen LogP contribution in [-0.4, -0.2) is 51.1 Å². The number of hydrogen-bond acceptors (Lipinski definition) is 7. The fourth-order valence-electron chi connectivity index (χ4n) is 3.58. The lowest BCUT2D eigenvalue weighted by molar-refractivity contribution is 0.0295. The first-order valence-electron chi connectivity index (χ1n) is 10.1. The number of anilines is 1. The monoisotopic (exact) mass is 463 g/mol. The van der Waals surface area contributed by atoms with Crippen LogP contribution in [0, 0.1) is 5.82 Å². The molecule has 5 N–H and O–H groups in total. The maximum Gasteiger partial charge on any atom is 0.275 e. The number of aliphatic hydroxyl groups excluding tert-OH is 1. The Morgan fingerprint density at radius 3 is 3.06 bits per heavy atom. The molecule has 1 amide bonds. The smallest absolute Gasteiger partial charge is 0.275 e. The first-order chi connectivity index (χ1) is 15.5. The van der Waals surface area contributed by atoms with E-state index in [9.17, 15) is 18.7 Å². The second-order valence-corrected chi connectivity index (χ2v) is 8.46. The van der Waals surface area contributed by atoms with Crippen LogP contribution in [0.5, 0.6) is 0 Å². The van der Waals surface area contributed by atoms with Crippen molar-refractivity contribution in [3.63, 3.8) is 0 Å². The number of nitrogens with zero attached hydrogens (tertiary/aromatic N) is 2. The highest BCUT2D eigenvalue weighted by Gasteiger charge is 2.26. The highest BCUT2D eigenvalue weighted by Crippen LogP contribution is 2.30. The average Bonchev–Trinajstić information content (AvgIpc) is 3.41. The van der Waals surface area contributed by atoms with Gasteiger partial charge in [0.15, 0.2) is 0 Å². The summed E-state index contributed by atoms with van der Waals surface area (Å²) in [5, 5.41) is 20.9. The van der Waals surface area contributed by atoms with E-state index in [1.165, 1.54) is 23.7 Å². The van der Waals surface area contributed by atoms with Crippen LogP contribution in [0.1, 0.15) is 34.6 Å². The van der Waals surface area contributed by atoms with Crippen LogP contribution in [0.4, 0.5) is 14.5 Å². The van der Waals surface area contributed by atoms with Gasteiger partial charge < -0.3 is 20.9 Å². The molecule has 0 saturated carbocycles. The van der Waals surface area contributed by atoms with Crippen molar-refractivity contribution in [1.29, 1.82) is 0 Å². The quantitative estimate of drug-likeness (QED) is 0.445. The van der Waals surface area contributed by atoms with Crippen LogP contribution < -0.4 is 11.1 Å². The number of ether oxygens (including phenoxy) is 1. The van der Waals surface area contributed by atoms with Gasteiger partial charge in [-0.15, -0.1) is 11.3 Å². The van der Waals surface area contributed by atoms with Gasteiger partial charge in [-0.05, 0) is 24.5 Å². The number of hydrogen-bond donors (Lipinski definition) is 4. The fourth-order valence-corrected chi connectivity index (χ4v) is 4.46. The molecule has 0 radical (unpaired) electrons. The number of H-pyrrole nitrogens is 1. The minimum atomic E-state index is -1.19. The number of thiazole rings is 1. The van der Waals surface area contributed by atoms with Gasteiger partial charge in [-0.25, -0.2) is 13.8 Å². The first kappa shape index (κ1) is 22.5. The predicted molar refractivity (Wildman–Crippen MR) is 116 cm³/mol. The molecule has 1 aromatic carbocycles. The molecule has 3 aromatic rings. The van der Waals surface area contributed by atoms with E-state index >= 15 is 0 Å². The minimum absolute atomic E-state index is 0.0604. The van der Waals surface area contributed by atoms with Gasteiger partial charge in [0.25, 0.3) is 5.91 Å². The summed E-state index contributed by atoms with van der Waals surface area (Å²) >= 11 is 1.11. The third-order valence-electron chi connectivity index (χ3n) is 5.40. The van der Waals surface area contributed by atoms with E-state index in [1.54, 1.807) is 6.07 Å². The number of carbonyl (C=O) groups excluding carboxylic acids is 1. The van der Waals surface area contributed by atoms with Gasteiger partial charge in [0.05, 0.1) is 42.5 Å². The molecule has 1 aliphatic heterocycles. The average molecular weight is 464 g/mol. The number of aromatic nitrogens is 3. The summed E-state index contributed by atoms with van der Waals surface area (Å²) in [4.78, 5) is 17.0. The van der Waals surface area contributed by atoms with Gasteiger partial charge in [-0.1, -0.05) is 12.1 Å². The molecule has 3 heterocycles. The standard InChI is InChI=1S/C21H23F2N5O3S/c22-13-3-1-2-11(8-29)19(13)21-27-18(10-32-21)20(30)26-17-7-25-28-16(17)6-12-4-5-15(24)14(23)9-31-12/h1-3,7,10,12,14-15,29H,4-6,8-9,24H2,(H,25,28)(H,26,30)/t12-,14+,15+/m0/s1. The molecule has 0 unspecified atom stereocenters. The van der Waals surface area contributed by atoms with Crippen LogP contribution in [-0.2, 0) is 17.8 Å². The molecule has 0 bridgehead atoms. The van der Waals surface area contributed by atoms with Crippen LogP contribution in [0.2, 0.25) is 0 Å². The lowest BCUT2D eigenvalue weighted by Gasteiger charge is -2.15. The zero-order valence-corrected chi connectivity index (χ0v) is 17.9. The molecular weight excluding hydrogens is 440 g/mol. The van der Waals surface area contributed by atoms with Crippen molar-refractivity contribution >= 4 is 22.9 Å². The number of nitrogens with two attached hydrogens (primary N) is 1. The van der Waals surface area contributed by atoms with Crippen molar-refractivity contribution in [3.8, 4) is 10.6 Å². The van der Waals surface area contributed by atoms with E-state index in [4.69, 9.17) is 10.5 Å². The van der Waals surface area contributed by atoms with Crippen molar-refractivity contribution in [1.82, 2.24) is 15.2 Å².